The minimum absolute atomic E-state index is 0.0625. The molecule has 1 aliphatic heterocycles. The molecule has 0 aromatic carbocycles. The molecule has 0 unspecified atom stereocenters. The SMILES string of the molecule is CC(N)=NC1=C(Br)C(=O)N(C)C1=O. The van der Waals surface area contributed by atoms with Crippen LogP contribution in [0.3, 0.4) is 0 Å². The Kier molecular flexibility index (Phi) is 2.51. The van der Waals surface area contributed by atoms with E-state index >= 15 is 0 Å². The second kappa shape index (κ2) is 3.29. The van der Waals surface area contributed by atoms with Crippen LogP contribution in [0.2, 0.25) is 0 Å². The van der Waals surface area contributed by atoms with Crippen LogP contribution in [0.5, 0.6) is 0 Å². The number of rotatable bonds is 1. The van der Waals surface area contributed by atoms with Crippen molar-refractivity contribution in [2.75, 3.05) is 7.05 Å². The van der Waals surface area contributed by atoms with Gasteiger partial charge in [-0.2, -0.15) is 0 Å². The van der Waals surface area contributed by atoms with Gasteiger partial charge in [0.1, 0.15) is 4.48 Å². The van der Waals surface area contributed by atoms with Gasteiger partial charge in [0.25, 0.3) is 11.8 Å². The number of likely N-dealkylation sites (N-methyl/N-ethyl adjacent to an activating group) is 1. The van der Waals surface area contributed by atoms with Gasteiger partial charge in [-0.3, -0.25) is 14.5 Å². The molecule has 2 amide bonds. The fourth-order valence-electron chi connectivity index (χ4n) is 0.867. The van der Waals surface area contributed by atoms with E-state index in [2.05, 4.69) is 20.9 Å². The molecule has 1 aliphatic rings. The van der Waals surface area contributed by atoms with Crippen LogP contribution in [0.25, 0.3) is 0 Å². The monoisotopic (exact) mass is 245 g/mol. The summed E-state index contributed by atoms with van der Waals surface area (Å²) in [5.41, 5.74) is 5.36. The lowest BCUT2D eigenvalue weighted by atomic mass is 10.4. The zero-order chi connectivity index (χ0) is 10.2. The Labute approximate surface area is 83.4 Å². The molecule has 0 atom stereocenters. The number of halogens is 1. The van der Waals surface area contributed by atoms with E-state index < -0.39 is 11.8 Å². The first-order valence-corrected chi connectivity index (χ1v) is 4.27. The highest BCUT2D eigenvalue weighted by Gasteiger charge is 2.34. The Bertz CT molecular complexity index is 342. The van der Waals surface area contributed by atoms with E-state index in [1.165, 1.54) is 7.05 Å². The predicted molar refractivity (Wildman–Crippen MR) is 51.0 cm³/mol. The van der Waals surface area contributed by atoms with Gasteiger partial charge in [0.2, 0.25) is 0 Å². The molecule has 1 rings (SSSR count). The van der Waals surface area contributed by atoms with E-state index in [0.29, 0.717) is 0 Å². The molecule has 0 fully saturated rings. The van der Waals surface area contributed by atoms with Crippen molar-refractivity contribution >= 4 is 33.6 Å². The molecule has 13 heavy (non-hydrogen) atoms. The van der Waals surface area contributed by atoms with Crippen molar-refractivity contribution in [1.29, 1.82) is 0 Å². The third-order valence-corrected chi connectivity index (χ3v) is 2.21. The van der Waals surface area contributed by atoms with Gasteiger partial charge in [-0.05, 0) is 22.9 Å². The summed E-state index contributed by atoms with van der Waals surface area (Å²) in [5.74, 6) is -0.602. The second-order valence-electron chi connectivity index (χ2n) is 2.59. The van der Waals surface area contributed by atoms with Gasteiger partial charge in [0.15, 0.2) is 5.70 Å². The molecule has 0 saturated carbocycles. The van der Waals surface area contributed by atoms with Crippen molar-refractivity contribution in [1.82, 2.24) is 4.90 Å². The Morgan fingerprint density at radius 2 is 2.00 bits per heavy atom. The van der Waals surface area contributed by atoms with Crippen molar-refractivity contribution in [2.45, 2.75) is 6.92 Å². The molecule has 0 aromatic rings. The lowest BCUT2D eigenvalue weighted by Gasteiger charge is -2.03. The predicted octanol–water partition coefficient (Wildman–Crippen LogP) is -0.0314. The van der Waals surface area contributed by atoms with Crippen LogP contribution in [0.1, 0.15) is 6.92 Å². The van der Waals surface area contributed by atoms with Gasteiger partial charge in [-0.1, -0.05) is 0 Å². The number of hydrogen-bond acceptors (Lipinski definition) is 3. The van der Waals surface area contributed by atoms with E-state index in [0.717, 1.165) is 4.90 Å². The summed E-state index contributed by atoms with van der Waals surface area (Å²) in [6.45, 7) is 1.54. The minimum atomic E-state index is -0.443. The fraction of sp³-hybridized carbons (Fsp3) is 0.286. The smallest absolute Gasteiger partial charge is 0.280 e. The molecule has 2 N–H and O–H groups in total. The van der Waals surface area contributed by atoms with Gasteiger partial charge < -0.3 is 5.73 Å². The quantitative estimate of drug-likeness (QED) is 0.401. The topological polar surface area (TPSA) is 75.8 Å². The second-order valence-corrected chi connectivity index (χ2v) is 3.38. The largest absolute Gasteiger partial charge is 0.387 e. The molecule has 0 saturated heterocycles. The Balaban J connectivity index is 3.16. The van der Waals surface area contributed by atoms with E-state index in [4.69, 9.17) is 5.73 Å². The number of nitrogens with zero attached hydrogens (tertiary/aromatic N) is 2. The first kappa shape index (κ1) is 9.91. The van der Waals surface area contributed by atoms with Crippen molar-refractivity contribution in [2.24, 2.45) is 10.7 Å². The molecule has 0 aliphatic carbocycles. The highest BCUT2D eigenvalue weighted by Crippen LogP contribution is 2.24. The summed E-state index contributed by atoms with van der Waals surface area (Å²) in [6.07, 6.45) is 0. The molecule has 5 nitrogen and oxygen atoms in total. The zero-order valence-corrected chi connectivity index (χ0v) is 8.75. The third kappa shape index (κ3) is 1.62. The Morgan fingerprint density at radius 1 is 1.46 bits per heavy atom. The number of imide groups is 1. The Hall–Kier alpha value is -1.17. The molecule has 0 radical (unpaired) electrons. The summed E-state index contributed by atoms with van der Waals surface area (Å²) >= 11 is 2.98. The molecular weight excluding hydrogens is 238 g/mol. The first-order chi connectivity index (χ1) is 5.95. The fourth-order valence-corrected chi connectivity index (χ4v) is 1.39. The summed E-state index contributed by atoms with van der Waals surface area (Å²) in [7, 11) is 1.39. The van der Waals surface area contributed by atoms with Crippen LogP contribution in [0.4, 0.5) is 0 Å². The van der Waals surface area contributed by atoms with Gasteiger partial charge >= 0.3 is 0 Å². The zero-order valence-electron chi connectivity index (χ0n) is 7.17. The molecule has 0 spiro atoms. The average Bonchev–Trinajstić information content (AvgIpc) is 2.22. The average molecular weight is 246 g/mol. The van der Waals surface area contributed by atoms with Gasteiger partial charge in [-0.25, -0.2) is 4.99 Å². The number of carbonyl (C=O) groups excluding carboxylic acids is 2. The van der Waals surface area contributed by atoms with E-state index in [1.807, 2.05) is 0 Å². The minimum Gasteiger partial charge on any atom is -0.387 e. The standard InChI is InChI=1S/C7H8BrN3O2/c1-3(9)10-5-4(8)6(12)11(2)7(5)13/h1-2H3,(H2,9,10). The number of amidine groups is 1. The van der Waals surface area contributed by atoms with Crippen LogP contribution in [-0.2, 0) is 9.59 Å². The van der Waals surface area contributed by atoms with Gasteiger partial charge in [0, 0.05) is 7.05 Å². The molecule has 0 aromatic heterocycles. The maximum atomic E-state index is 11.3. The summed E-state index contributed by atoms with van der Waals surface area (Å²) in [4.78, 5) is 27.2. The van der Waals surface area contributed by atoms with Crippen LogP contribution in [0, 0.1) is 0 Å². The van der Waals surface area contributed by atoms with Crippen LogP contribution >= 0.6 is 15.9 Å². The number of hydrogen-bond donors (Lipinski definition) is 1. The van der Waals surface area contributed by atoms with Crippen LogP contribution in [-0.4, -0.2) is 29.6 Å². The summed E-state index contributed by atoms with van der Waals surface area (Å²) < 4.78 is 0.157. The molecule has 6 heteroatoms. The number of aliphatic imine (C=N–C) groups is 1. The van der Waals surface area contributed by atoms with Gasteiger partial charge in [0.05, 0.1) is 5.84 Å². The molecular formula is C7H8BrN3O2. The van der Waals surface area contributed by atoms with Crippen molar-refractivity contribution in [3.8, 4) is 0 Å². The van der Waals surface area contributed by atoms with Crippen LogP contribution in [0.15, 0.2) is 15.2 Å². The van der Waals surface area contributed by atoms with E-state index in [1.54, 1.807) is 6.92 Å². The van der Waals surface area contributed by atoms with Crippen molar-refractivity contribution in [3.05, 3.63) is 10.2 Å². The van der Waals surface area contributed by atoms with Crippen molar-refractivity contribution < 1.29 is 9.59 Å². The number of carbonyl (C=O) groups is 2. The maximum absolute atomic E-state index is 11.3. The highest BCUT2D eigenvalue weighted by molar-refractivity contribution is 9.12. The summed E-state index contributed by atoms with van der Waals surface area (Å²) in [6, 6.07) is 0. The van der Waals surface area contributed by atoms with E-state index in [9.17, 15) is 9.59 Å². The molecule has 0 bridgehead atoms. The first-order valence-electron chi connectivity index (χ1n) is 3.48. The van der Waals surface area contributed by atoms with Crippen molar-refractivity contribution in [3.63, 3.8) is 0 Å². The summed E-state index contributed by atoms with van der Waals surface area (Å²) in [5, 5.41) is 0. The lowest BCUT2D eigenvalue weighted by molar-refractivity contribution is -0.135. The normalized spacial score (nSPS) is 19.0. The number of amides is 2. The van der Waals surface area contributed by atoms with E-state index in [-0.39, 0.29) is 16.0 Å². The number of nitrogens with two attached hydrogens (primary N) is 1. The van der Waals surface area contributed by atoms with Gasteiger partial charge in [-0.15, -0.1) is 0 Å². The Morgan fingerprint density at radius 3 is 2.31 bits per heavy atom. The maximum Gasteiger partial charge on any atom is 0.280 e. The molecule has 1 heterocycles. The highest BCUT2D eigenvalue weighted by atomic mass is 79.9. The van der Waals surface area contributed by atoms with Crippen LogP contribution < -0.4 is 5.73 Å². The lowest BCUT2D eigenvalue weighted by Crippen LogP contribution is -2.26. The third-order valence-electron chi connectivity index (χ3n) is 1.50. The molecule has 70 valence electrons.